The first-order chi connectivity index (χ1) is 6.13. The van der Waals surface area contributed by atoms with Crippen LogP contribution in [0, 0.1) is 0 Å². The molecule has 0 aliphatic carbocycles. The zero-order valence-electron chi connectivity index (χ0n) is 9.42. The first-order valence-corrected chi connectivity index (χ1v) is 6.20. The lowest BCUT2D eigenvalue weighted by molar-refractivity contribution is -0.376. The second-order valence-electron chi connectivity index (χ2n) is 3.06. The Labute approximate surface area is 84.2 Å². The van der Waals surface area contributed by atoms with Crippen LogP contribution in [0.25, 0.3) is 0 Å². The Balaban J connectivity index is 4.38. The van der Waals surface area contributed by atoms with E-state index in [1.807, 2.05) is 20.8 Å². The Morgan fingerprint density at radius 2 is 1.31 bits per heavy atom. The summed E-state index contributed by atoms with van der Waals surface area (Å²) >= 11 is 0. The van der Waals surface area contributed by atoms with Gasteiger partial charge in [0.15, 0.2) is 0 Å². The van der Waals surface area contributed by atoms with Gasteiger partial charge in [0, 0.05) is 35.6 Å². The third kappa shape index (κ3) is 3.77. The van der Waals surface area contributed by atoms with Crippen LogP contribution in [-0.2, 0) is 14.2 Å². The standard InChI is InChI=1S/C9H22O3Si/c1-5-10-9(8(4)13,11-6-2)12-7-3/h8H,5-7H2,1-4,13H3. The van der Waals surface area contributed by atoms with Crippen molar-refractivity contribution in [1.29, 1.82) is 0 Å². The van der Waals surface area contributed by atoms with Gasteiger partial charge in [-0.2, -0.15) is 0 Å². The highest BCUT2D eigenvalue weighted by atomic mass is 28.1. The molecule has 0 saturated carbocycles. The predicted molar refractivity (Wildman–Crippen MR) is 57.0 cm³/mol. The molecule has 0 aromatic heterocycles. The molecule has 0 aliphatic rings. The van der Waals surface area contributed by atoms with Crippen LogP contribution in [0.4, 0.5) is 0 Å². The maximum absolute atomic E-state index is 5.56. The zero-order valence-corrected chi connectivity index (χ0v) is 11.4. The van der Waals surface area contributed by atoms with Gasteiger partial charge in [0.25, 0.3) is 5.97 Å². The van der Waals surface area contributed by atoms with Crippen LogP contribution in [0.5, 0.6) is 0 Å². The fourth-order valence-electron chi connectivity index (χ4n) is 1.23. The summed E-state index contributed by atoms with van der Waals surface area (Å²) < 4.78 is 16.7. The first kappa shape index (κ1) is 13.1. The number of hydrogen-bond acceptors (Lipinski definition) is 3. The van der Waals surface area contributed by atoms with Crippen molar-refractivity contribution >= 4 is 10.2 Å². The van der Waals surface area contributed by atoms with E-state index < -0.39 is 5.97 Å². The van der Waals surface area contributed by atoms with Gasteiger partial charge in [-0.25, -0.2) is 0 Å². The number of rotatable bonds is 7. The van der Waals surface area contributed by atoms with E-state index in [0.717, 1.165) is 10.2 Å². The van der Waals surface area contributed by atoms with Gasteiger partial charge in [-0.05, 0) is 20.8 Å². The van der Waals surface area contributed by atoms with Crippen LogP contribution in [0.3, 0.4) is 0 Å². The molecule has 0 bridgehead atoms. The largest absolute Gasteiger partial charge is 0.328 e. The van der Waals surface area contributed by atoms with Crippen molar-refractivity contribution in [3.63, 3.8) is 0 Å². The monoisotopic (exact) mass is 206 g/mol. The molecule has 13 heavy (non-hydrogen) atoms. The molecule has 1 atom stereocenters. The van der Waals surface area contributed by atoms with Gasteiger partial charge in [0.05, 0.1) is 0 Å². The molecule has 0 N–H and O–H groups in total. The SMILES string of the molecule is CCOC(OCC)(OCC)C(C)[SiH3]. The lowest BCUT2D eigenvalue weighted by Gasteiger charge is -2.35. The third-order valence-electron chi connectivity index (χ3n) is 1.74. The third-order valence-corrected chi connectivity index (χ3v) is 2.45. The molecule has 4 heteroatoms. The Morgan fingerprint density at radius 3 is 1.46 bits per heavy atom. The van der Waals surface area contributed by atoms with Gasteiger partial charge in [0.1, 0.15) is 0 Å². The first-order valence-electron chi connectivity index (χ1n) is 5.04. The van der Waals surface area contributed by atoms with E-state index in [4.69, 9.17) is 14.2 Å². The second kappa shape index (κ2) is 6.54. The average molecular weight is 206 g/mol. The van der Waals surface area contributed by atoms with Crippen LogP contribution in [0.2, 0.25) is 5.54 Å². The molecule has 0 rings (SSSR count). The molecule has 0 aliphatic heterocycles. The predicted octanol–water partition coefficient (Wildman–Crippen LogP) is 0.923. The van der Waals surface area contributed by atoms with Crippen LogP contribution in [0.15, 0.2) is 0 Å². The Morgan fingerprint density at radius 1 is 1.00 bits per heavy atom. The summed E-state index contributed by atoms with van der Waals surface area (Å²) in [5.74, 6) is -0.787. The van der Waals surface area contributed by atoms with Gasteiger partial charge in [-0.15, -0.1) is 0 Å². The van der Waals surface area contributed by atoms with Crippen LogP contribution < -0.4 is 0 Å². The topological polar surface area (TPSA) is 27.7 Å². The molecule has 0 amide bonds. The highest BCUT2D eigenvalue weighted by Gasteiger charge is 2.36. The molecule has 3 nitrogen and oxygen atoms in total. The van der Waals surface area contributed by atoms with Crippen molar-refractivity contribution in [2.75, 3.05) is 19.8 Å². The van der Waals surface area contributed by atoms with E-state index >= 15 is 0 Å². The highest BCUT2D eigenvalue weighted by Crippen LogP contribution is 2.27. The van der Waals surface area contributed by atoms with E-state index in [9.17, 15) is 0 Å². The summed E-state index contributed by atoms with van der Waals surface area (Å²) in [6.07, 6.45) is 0. The maximum atomic E-state index is 5.56. The van der Waals surface area contributed by atoms with Gasteiger partial charge in [-0.3, -0.25) is 0 Å². The Bertz CT molecular complexity index is 111. The molecule has 0 aromatic rings. The Kier molecular flexibility index (Phi) is 6.58. The fraction of sp³-hybridized carbons (Fsp3) is 1.00. The van der Waals surface area contributed by atoms with E-state index in [-0.39, 0.29) is 0 Å². The number of ether oxygens (including phenoxy) is 3. The minimum atomic E-state index is -0.787. The molecule has 0 saturated heterocycles. The fourth-order valence-corrected chi connectivity index (χ4v) is 1.73. The lowest BCUT2D eigenvalue weighted by Crippen LogP contribution is -2.43. The summed E-state index contributed by atoms with van der Waals surface area (Å²) in [6, 6.07) is 0. The average Bonchev–Trinajstić information content (AvgIpc) is 2.05. The second-order valence-corrected chi connectivity index (χ2v) is 4.79. The summed E-state index contributed by atoms with van der Waals surface area (Å²) in [5.41, 5.74) is 0.326. The summed E-state index contributed by atoms with van der Waals surface area (Å²) in [7, 11) is 0.994. The summed E-state index contributed by atoms with van der Waals surface area (Å²) in [6.45, 7) is 9.81. The molecular weight excluding hydrogens is 184 g/mol. The van der Waals surface area contributed by atoms with Crippen LogP contribution in [0.1, 0.15) is 27.7 Å². The van der Waals surface area contributed by atoms with Crippen molar-refractivity contribution in [1.82, 2.24) is 0 Å². The van der Waals surface area contributed by atoms with E-state index in [1.54, 1.807) is 0 Å². The van der Waals surface area contributed by atoms with Gasteiger partial charge >= 0.3 is 0 Å². The van der Waals surface area contributed by atoms with Crippen molar-refractivity contribution in [2.45, 2.75) is 39.2 Å². The minimum Gasteiger partial charge on any atom is -0.328 e. The van der Waals surface area contributed by atoms with Crippen LogP contribution in [-0.4, -0.2) is 36.0 Å². The minimum absolute atomic E-state index is 0.326. The van der Waals surface area contributed by atoms with Crippen molar-refractivity contribution < 1.29 is 14.2 Å². The van der Waals surface area contributed by atoms with Gasteiger partial charge in [0.2, 0.25) is 0 Å². The quantitative estimate of drug-likeness (QED) is 0.458. The molecule has 1 unspecified atom stereocenters. The van der Waals surface area contributed by atoms with Crippen molar-refractivity contribution in [3.05, 3.63) is 0 Å². The smallest absolute Gasteiger partial charge is 0.282 e. The van der Waals surface area contributed by atoms with Crippen LogP contribution >= 0.6 is 0 Å². The van der Waals surface area contributed by atoms with Gasteiger partial charge < -0.3 is 14.2 Å². The van der Waals surface area contributed by atoms with Crippen molar-refractivity contribution in [2.24, 2.45) is 0 Å². The number of hydrogen-bond donors (Lipinski definition) is 0. The molecule has 0 spiro atoms. The molecule has 0 heterocycles. The van der Waals surface area contributed by atoms with Crippen molar-refractivity contribution in [3.8, 4) is 0 Å². The Hall–Kier alpha value is 0.0969. The van der Waals surface area contributed by atoms with E-state index in [2.05, 4.69) is 6.92 Å². The maximum Gasteiger partial charge on any atom is 0.282 e. The summed E-state index contributed by atoms with van der Waals surface area (Å²) in [5, 5.41) is 0. The van der Waals surface area contributed by atoms with E-state index in [1.165, 1.54) is 0 Å². The molecule has 0 radical (unpaired) electrons. The lowest BCUT2D eigenvalue weighted by atomic mass is 10.4. The molecule has 0 aromatic carbocycles. The molecule has 80 valence electrons. The molecule has 0 fully saturated rings. The normalized spacial score (nSPS) is 14.8. The van der Waals surface area contributed by atoms with Gasteiger partial charge in [-0.1, -0.05) is 6.92 Å². The highest BCUT2D eigenvalue weighted by molar-refractivity contribution is 6.11. The zero-order chi connectivity index (χ0) is 10.3. The summed E-state index contributed by atoms with van der Waals surface area (Å²) in [4.78, 5) is 0. The van der Waals surface area contributed by atoms with E-state index in [0.29, 0.717) is 25.4 Å². The molecular formula is C9H22O3Si.